The van der Waals surface area contributed by atoms with E-state index in [4.69, 9.17) is 16.6 Å². The van der Waals surface area contributed by atoms with E-state index in [1.807, 2.05) is 0 Å². The molecule has 0 rings (SSSR count). The van der Waals surface area contributed by atoms with Gasteiger partial charge in [0.1, 0.15) is 0 Å². The minimum Gasteiger partial charge on any atom is -0.465 e. The zero-order valence-corrected chi connectivity index (χ0v) is 11.9. The number of amides is 1. The average Bonchev–Trinajstić information content (AvgIpc) is 2.39. The molecule has 0 aromatic heterocycles. The molecule has 0 heterocycles. The fourth-order valence-corrected chi connectivity index (χ4v) is 1.84. The molecule has 6 nitrogen and oxygen atoms in total. The van der Waals surface area contributed by atoms with Crippen LogP contribution in [0.3, 0.4) is 0 Å². The Morgan fingerprint density at radius 1 is 0.895 bits per heavy atom. The van der Waals surface area contributed by atoms with Crippen LogP contribution in [-0.4, -0.2) is 55.4 Å². The molecule has 0 aliphatic rings. The predicted octanol–water partition coefficient (Wildman–Crippen LogP) is 0.814. The van der Waals surface area contributed by atoms with Crippen LogP contribution in [0.25, 0.3) is 0 Å². The molecule has 0 aromatic rings. The van der Waals surface area contributed by atoms with Crippen LogP contribution in [0.4, 0.5) is 4.79 Å². The number of nitrogens with two attached hydrogens (primary N) is 2. The lowest BCUT2D eigenvalue weighted by Gasteiger charge is -2.19. The lowest BCUT2D eigenvalue weighted by molar-refractivity contribution is 0.143. The van der Waals surface area contributed by atoms with Gasteiger partial charge in [-0.1, -0.05) is 6.42 Å². The summed E-state index contributed by atoms with van der Waals surface area (Å²) in [5.74, 6) is 0. The van der Waals surface area contributed by atoms with E-state index in [1.165, 1.54) is 4.90 Å². The molecule has 114 valence electrons. The topological polar surface area (TPSA) is 105 Å². The van der Waals surface area contributed by atoms with Crippen molar-refractivity contribution >= 4 is 6.09 Å². The highest BCUT2D eigenvalue weighted by molar-refractivity contribution is 5.64. The summed E-state index contributed by atoms with van der Waals surface area (Å²) in [4.78, 5) is 12.5. The quantitative estimate of drug-likeness (QED) is 0.372. The van der Waals surface area contributed by atoms with Crippen LogP contribution in [0.2, 0.25) is 0 Å². The number of carbonyl (C=O) groups is 1. The molecule has 19 heavy (non-hydrogen) atoms. The molecule has 0 aliphatic heterocycles. The Bertz CT molecular complexity index is 215. The maximum Gasteiger partial charge on any atom is 0.407 e. The van der Waals surface area contributed by atoms with Crippen molar-refractivity contribution in [3.05, 3.63) is 0 Å². The Morgan fingerprint density at radius 2 is 1.47 bits per heavy atom. The van der Waals surface area contributed by atoms with Crippen LogP contribution >= 0.6 is 0 Å². The van der Waals surface area contributed by atoms with Crippen molar-refractivity contribution in [2.75, 3.05) is 39.3 Å². The zero-order chi connectivity index (χ0) is 14.3. The Morgan fingerprint density at radius 3 is 2.11 bits per heavy atom. The van der Waals surface area contributed by atoms with Crippen molar-refractivity contribution in [1.29, 1.82) is 0 Å². The van der Waals surface area contributed by atoms with E-state index in [2.05, 4.69) is 5.32 Å². The van der Waals surface area contributed by atoms with Crippen molar-refractivity contribution in [1.82, 2.24) is 10.2 Å². The van der Waals surface area contributed by atoms with Crippen LogP contribution in [0.15, 0.2) is 0 Å². The van der Waals surface area contributed by atoms with Gasteiger partial charge in [-0.05, 0) is 58.3 Å². The Kier molecular flexibility index (Phi) is 13.0. The second-order valence-corrected chi connectivity index (χ2v) is 4.72. The molecule has 6 N–H and O–H groups in total. The fourth-order valence-electron chi connectivity index (χ4n) is 1.84. The van der Waals surface area contributed by atoms with Gasteiger partial charge in [0, 0.05) is 13.1 Å². The highest BCUT2D eigenvalue weighted by atomic mass is 16.4. The van der Waals surface area contributed by atoms with E-state index in [1.54, 1.807) is 0 Å². The van der Waals surface area contributed by atoms with Gasteiger partial charge in [0.2, 0.25) is 0 Å². The molecule has 0 unspecified atom stereocenters. The summed E-state index contributed by atoms with van der Waals surface area (Å²) in [7, 11) is 0. The van der Waals surface area contributed by atoms with Gasteiger partial charge in [0.05, 0.1) is 0 Å². The summed E-state index contributed by atoms with van der Waals surface area (Å²) in [6.45, 7) is 4.44. The fraction of sp³-hybridized carbons (Fsp3) is 0.923. The average molecular weight is 274 g/mol. The van der Waals surface area contributed by atoms with Crippen LogP contribution in [0.5, 0.6) is 0 Å². The Balaban J connectivity index is 3.51. The highest BCUT2D eigenvalue weighted by Crippen LogP contribution is 2.00. The van der Waals surface area contributed by atoms with Gasteiger partial charge in [0.25, 0.3) is 0 Å². The minimum atomic E-state index is -0.823. The van der Waals surface area contributed by atoms with Crippen LogP contribution < -0.4 is 16.8 Å². The van der Waals surface area contributed by atoms with Gasteiger partial charge >= 0.3 is 6.09 Å². The van der Waals surface area contributed by atoms with Crippen LogP contribution in [0.1, 0.15) is 38.5 Å². The van der Waals surface area contributed by atoms with Crippen molar-refractivity contribution in [3.8, 4) is 0 Å². The Hall–Kier alpha value is -0.850. The van der Waals surface area contributed by atoms with Crippen molar-refractivity contribution < 1.29 is 9.90 Å². The standard InChI is InChI=1S/C13H30N4O2/c14-7-2-1-5-11-17(13(18)19)12-6-10-16-9-4-3-8-15/h16H,1-12,14-15H2,(H,18,19). The lowest BCUT2D eigenvalue weighted by Crippen LogP contribution is -2.33. The highest BCUT2D eigenvalue weighted by Gasteiger charge is 2.09. The zero-order valence-electron chi connectivity index (χ0n) is 11.9. The number of rotatable bonds is 13. The molecule has 0 aliphatic carbocycles. The van der Waals surface area contributed by atoms with Gasteiger partial charge in [-0.15, -0.1) is 0 Å². The molecule has 0 fully saturated rings. The van der Waals surface area contributed by atoms with Gasteiger partial charge in [-0.3, -0.25) is 0 Å². The third-order valence-electron chi connectivity index (χ3n) is 2.99. The molecule has 0 atom stereocenters. The summed E-state index contributed by atoms with van der Waals surface area (Å²) in [5.41, 5.74) is 10.8. The predicted molar refractivity (Wildman–Crippen MR) is 78.3 cm³/mol. The van der Waals surface area contributed by atoms with Crippen molar-refractivity contribution in [2.45, 2.75) is 38.5 Å². The summed E-state index contributed by atoms with van der Waals surface area (Å²) in [5, 5.41) is 12.4. The van der Waals surface area contributed by atoms with Gasteiger partial charge in [0.15, 0.2) is 0 Å². The number of nitrogens with zero attached hydrogens (tertiary/aromatic N) is 1. The molecule has 0 saturated carbocycles. The maximum absolute atomic E-state index is 11.0. The number of unbranched alkanes of at least 4 members (excludes halogenated alkanes) is 3. The summed E-state index contributed by atoms with van der Waals surface area (Å²) in [6.07, 6.45) is 5.01. The molecule has 0 spiro atoms. The first-order valence-electron chi connectivity index (χ1n) is 7.31. The molecular weight excluding hydrogens is 244 g/mol. The third-order valence-corrected chi connectivity index (χ3v) is 2.99. The molecule has 0 saturated heterocycles. The van der Waals surface area contributed by atoms with Crippen LogP contribution in [0, 0.1) is 0 Å². The first kappa shape index (κ1) is 18.1. The molecule has 0 bridgehead atoms. The third kappa shape index (κ3) is 11.9. The van der Waals surface area contributed by atoms with E-state index in [0.717, 1.165) is 58.2 Å². The Labute approximate surface area is 116 Å². The van der Waals surface area contributed by atoms with Crippen molar-refractivity contribution in [3.63, 3.8) is 0 Å². The van der Waals surface area contributed by atoms with Gasteiger partial charge < -0.3 is 26.8 Å². The molecule has 0 radical (unpaired) electrons. The van der Waals surface area contributed by atoms with E-state index in [0.29, 0.717) is 19.6 Å². The van der Waals surface area contributed by atoms with E-state index in [9.17, 15) is 4.79 Å². The number of carboxylic acid groups (broad SMARTS) is 1. The SMILES string of the molecule is NCCCCCN(CCCNCCCCN)C(=O)O. The van der Waals surface area contributed by atoms with E-state index in [-0.39, 0.29) is 0 Å². The van der Waals surface area contributed by atoms with Gasteiger partial charge in [-0.2, -0.15) is 0 Å². The number of hydrogen-bond acceptors (Lipinski definition) is 4. The first-order valence-corrected chi connectivity index (χ1v) is 7.31. The minimum absolute atomic E-state index is 0.599. The lowest BCUT2D eigenvalue weighted by atomic mass is 10.2. The van der Waals surface area contributed by atoms with Gasteiger partial charge in [-0.25, -0.2) is 4.79 Å². The molecule has 6 heteroatoms. The monoisotopic (exact) mass is 274 g/mol. The molecular formula is C13H30N4O2. The largest absolute Gasteiger partial charge is 0.465 e. The molecule has 0 aromatic carbocycles. The normalized spacial score (nSPS) is 10.6. The summed E-state index contributed by atoms with van der Waals surface area (Å²) in [6, 6.07) is 0. The first-order chi connectivity index (χ1) is 9.22. The maximum atomic E-state index is 11.0. The second kappa shape index (κ2) is 13.6. The van der Waals surface area contributed by atoms with E-state index >= 15 is 0 Å². The van der Waals surface area contributed by atoms with E-state index < -0.39 is 6.09 Å². The van der Waals surface area contributed by atoms with Crippen molar-refractivity contribution in [2.24, 2.45) is 11.5 Å². The molecule has 1 amide bonds. The summed E-state index contributed by atoms with van der Waals surface area (Å²) >= 11 is 0. The number of hydrogen-bond donors (Lipinski definition) is 4. The number of nitrogens with one attached hydrogen (secondary N) is 1. The van der Waals surface area contributed by atoms with Crippen LogP contribution in [-0.2, 0) is 0 Å². The summed E-state index contributed by atoms with van der Waals surface area (Å²) < 4.78 is 0. The second-order valence-electron chi connectivity index (χ2n) is 4.72. The smallest absolute Gasteiger partial charge is 0.407 e.